The van der Waals surface area contributed by atoms with E-state index < -0.39 is 0 Å². The molecule has 1 saturated heterocycles. The SMILES string of the molecule is Cc1ccc(-c2cncc3[nH]c(-c4n[nH]c5ccc(C6=C[I-]C=CC(CN7CCCCC7)=C6)cc45)nc23)s1. The monoisotopic (exact) mass is 631 g/mol. The number of aryl methyl sites for hydroxylation is 1. The molecule has 7 rings (SSSR count). The number of aromatic amines is 2. The van der Waals surface area contributed by atoms with E-state index in [1.54, 1.807) is 11.3 Å². The second kappa shape index (κ2) is 10.2. The maximum atomic E-state index is 5.02. The van der Waals surface area contributed by atoms with Crippen LogP contribution in [0.3, 0.4) is 0 Å². The molecule has 8 heteroatoms. The van der Waals surface area contributed by atoms with Gasteiger partial charge >= 0.3 is 219 Å². The van der Waals surface area contributed by atoms with E-state index in [-0.39, 0.29) is 21.2 Å². The van der Waals surface area contributed by atoms with E-state index >= 15 is 0 Å². The zero-order chi connectivity index (χ0) is 25.5. The molecule has 6 nitrogen and oxygen atoms in total. The van der Waals surface area contributed by atoms with Crippen molar-refractivity contribution in [3.63, 3.8) is 0 Å². The zero-order valence-corrected chi connectivity index (χ0v) is 24.1. The number of nitrogens with zero attached hydrogens (tertiary/aromatic N) is 4. The molecule has 0 atom stereocenters. The third-order valence-corrected chi connectivity index (χ3v) is 10.1. The quantitative estimate of drug-likeness (QED) is 0.289. The number of nitrogens with one attached hydrogen (secondary N) is 2. The Morgan fingerprint density at radius 1 is 1.05 bits per heavy atom. The van der Waals surface area contributed by atoms with Crippen LogP contribution in [0.2, 0.25) is 0 Å². The molecule has 2 aliphatic heterocycles. The summed E-state index contributed by atoms with van der Waals surface area (Å²) in [5.74, 6) is 0.760. The van der Waals surface area contributed by atoms with Gasteiger partial charge in [0.25, 0.3) is 0 Å². The van der Waals surface area contributed by atoms with Crippen molar-refractivity contribution in [3.05, 3.63) is 79.1 Å². The first kappa shape index (κ1) is 24.0. The molecule has 192 valence electrons. The van der Waals surface area contributed by atoms with Crippen molar-refractivity contribution in [2.24, 2.45) is 0 Å². The van der Waals surface area contributed by atoms with E-state index in [9.17, 15) is 0 Å². The van der Waals surface area contributed by atoms with Gasteiger partial charge in [0, 0.05) is 4.88 Å². The number of H-pyrrole nitrogens is 2. The van der Waals surface area contributed by atoms with E-state index in [4.69, 9.17) is 4.98 Å². The van der Waals surface area contributed by atoms with Gasteiger partial charge in [0.2, 0.25) is 0 Å². The Morgan fingerprint density at radius 3 is 2.84 bits per heavy atom. The zero-order valence-electron chi connectivity index (χ0n) is 21.2. The van der Waals surface area contributed by atoms with Crippen LogP contribution in [0.15, 0.2) is 68.6 Å². The normalized spacial score (nSPS) is 16.9. The average molecular weight is 632 g/mol. The number of aromatic nitrogens is 5. The number of pyridine rings is 1. The van der Waals surface area contributed by atoms with Gasteiger partial charge < -0.3 is 0 Å². The van der Waals surface area contributed by atoms with Gasteiger partial charge in [0.1, 0.15) is 0 Å². The fourth-order valence-electron chi connectivity index (χ4n) is 5.30. The van der Waals surface area contributed by atoms with Crippen molar-refractivity contribution in [1.82, 2.24) is 30.0 Å². The van der Waals surface area contributed by atoms with Crippen LogP contribution < -0.4 is 21.2 Å². The number of rotatable bonds is 5. The molecular formula is C30H28IN6S-. The van der Waals surface area contributed by atoms with Crippen molar-refractivity contribution in [2.45, 2.75) is 26.2 Å². The van der Waals surface area contributed by atoms with Gasteiger partial charge in [-0.2, -0.15) is 0 Å². The molecule has 0 bridgehead atoms. The van der Waals surface area contributed by atoms with Crippen molar-refractivity contribution < 1.29 is 21.2 Å². The first-order valence-electron chi connectivity index (χ1n) is 13.0. The molecule has 5 aromatic rings. The summed E-state index contributed by atoms with van der Waals surface area (Å²) in [6, 6.07) is 10.9. The molecular weight excluding hydrogens is 603 g/mol. The Labute approximate surface area is 235 Å². The van der Waals surface area contributed by atoms with Crippen LogP contribution in [0.4, 0.5) is 0 Å². The summed E-state index contributed by atoms with van der Waals surface area (Å²) in [5.41, 5.74) is 8.70. The van der Waals surface area contributed by atoms with Crippen molar-refractivity contribution >= 4 is 38.8 Å². The fourth-order valence-corrected chi connectivity index (χ4v) is 7.98. The second-order valence-corrected chi connectivity index (χ2v) is 13.3. The van der Waals surface area contributed by atoms with E-state index in [0.29, 0.717) is 0 Å². The molecule has 1 fully saturated rings. The first-order chi connectivity index (χ1) is 18.7. The van der Waals surface area contributed by atoms with Crippen LogP contribution in [-0.4, -0.2) is 49.7 Å². The van der Waals surface area contributed by atoms with Gasteiger partial charge in [-0.05, 0) is 13.0 Å². The Bertz CT molecular complexity index is 1730. The summed E-state index contributed by atoms with van der Waals surface area (Å²) in [4.78, 5) is 18.0. The van der Waals surface area contributed by atoms with Gasteiger partial charge in [-0.25, -0.2) is 0 Å². The Hall–Kier alpha value is -3.08. The summed E-state index contributed by atoms with van der Waals surface area (Å²) < 4.78 is 4.82. The summed E-state index contributed by atoms with van der Waals surface area (Å²) in [7, 11) is 0. The van der Waals surface area contributed by atoms with E-state index in [2.05, 4.69) is 82.6 Å². The van der Waals surface area contributed by atoms with Crippen molar-refractivity contribution in [3.8, 4) is 22.0 Å². The first-order valence-corrected chi connectivity index (χ1v) is 16.3. The molecule has 0 unspecified atom stereocenters. The molecule has 0 aliphatic carbocycles. The van der Waals surface area contributed by atoms with Crippen LogP contribution in [-0.2, 0) is 0 Å². The van der Waals surface area contributed by atoms with Gasteiger partial charge in [0.15, 0.2) is 0 Å². The Balaban J connectivity index is 1.25. The second-order valence-electron chi connectivity index (χ2n) is 9.95. The van der Waals surface area contributed by atoms with E-state index in [1.807, 2.05) is 12.4 Å². The van der Waals surface area contributed by atoms with Crippen molar-refractivity contribution in [2.75, 3.05) is 19.6 Å². The molecule has 6 heterocycles. The average Bonchev–Trinajstić information content (AvgIpc) is 3.64. The minimum atomic E-state index is -0.116. The van der Waals surface area contributed by atoms with Crippen LogP contribution in [0.5, 0.6) is 0 Å². The van der Waals surface area contributed by atoms with Gasteiger partial charge in [-0.3, -0.25) is 0 Å². The number of fused-ring (bicyclic) bond motifs is 2. The number of piperidine rings is 1. The summed E-state index contributed by atoms with van der Waals surface area (Å²) in [6.07, 6.45) is 12.5. The molecule has 0 radical (unpaired) electrons. The number of hydrogen-bond donors (Lipinski definition) is 2. The summed E-state index contributed by atoms with van der Waals surface area (Å²) in [6.45, 7) is 5.59. The number of halogens is 1. The molecule has 1 aromatic carbocycles. The molecule has 2 aliphatic rings. The van der Waals surface area contributed by atoms with Gasteiger partial charge in [-0.1, -0.05) is 0 Å². The molecule has 0 spiro atoms. The summed E-state index contributed by atoms with van der Waals surface area (Å²) >= 11 is 1.65. The number of imidazole rings is 1. The maximum absolute atomic E-state index is 5.02. The molecule has 4 aromatic heterocycles. The third kappa shape index (κ3) is 4.65. The van der Waals surface area contributed by atoms with Crippen LogP contribution in [0, 0.1) is 6.92 Å². The number of allylic oxidation sites excluding steroid dienone is 2. The number of benzene rings is 1. The van der Waals surface area contributed by atoms with E-state index in [1.165, 1.54) is 58.8 Å². The minimum absolute atomic E-state index is 0.116. The molecule has 2 N–H and O–H groups in total. The molecule has 0 amide bonds. The number of thiophene rings is 1. The van der Waals surface area contributed by atoms with Crippen LogP contribution >= 0.6 is 11.3 Å². The van der Waals surface area contributed by atoms with Crippen LogP contribution in [0.25, 0.3) is 49.5 Å². The van der Waals surface area contributed by atoms with E-state index in [0.717, 1.165) is 45.6 Å². The summed E-state index contributed by atoms with van der Waals surface area (Å²) in [5, 5.41) is 8.97. The van der Waals surface area contributed by atoms with Crippen LogP contribution in [0.1, 0.15) is 29.7 Å². The Kier molecular flexibility index (Phi) is 6.46. The fraction of sp³-hybridized carbons (Fsp3) is 0.233. The number of hydrogen-bond acceptors (Lipinski definition) is 5. The standard InChI is InChI=1S/C30H28IN6S/c1-19-5-8-27(38-19)24-16-32-17-26-28(24)34-30(33-26)29-23-14-21(6-7-25(23)35-36-29)22-13-20(9-10-31-15-22)18-37-11-3-2-4-12-37/h5-10,13-17H,2-4,11-12,18H2,1H3,(H,33,34)(H,35,36)/q-1. The Morgan fingerprint density at radius 2 is 1.97 bits per heavy atom. The predicted octanol–water partition coefficient (Wildman–Crippen LogP) is 3.91. The van der Waals surface area contributed by atoms with Gasteiger partial charge in [-0.15, -0.1) is 0 Å². The third-order valence-electron chi connectivity index (χ3n) is 7.25. The van der Waals surface area contributed by atoms with Gasteiger partial charge in [0.05, 0.1) is 0 Å². The molecule has 0 saturated carbocycles. The molecule has 38 heavy (non-hydrogen) atoms. The number of likely N-dealkylation sites (tertiary alicyclic amines) is 1. The topological polar surface area (TPSA) is 73.5 Å². The predicted molar refractivity (Wildman–Crippen MR) is 153 cm³/mol. The van der Waals surface area contributed by atoms with Crippen molar-refractivity contribution in [1.29, 1.82) is 0 Å².